The summed E-state index contributed by atoms with van der Waals surface area (Å²) in [4.78, 5) is 14.3. The van der Waals surface area contributed by atoms with Gasteiger partial charge in [0.2, 0.25) is 5.91 Å². The Balaban J connectivity index is 1.79. The number of methoxy groups -OCH3 is 1. The Bertz CT molecular complexity index is 682. The van der Waals surface area contributed by atoms with Gasteiger partial charge < -0.3 is 9.64 Å². The van der Waals surface area contributed by atoms with Crippen molar-refractivity contribution >= 4 is 11.6 Å². The molecule has 0 N–H and O–H groups in total. The number of halogens is 1. The van der Waals surface area contributed by atoms with Crippen LogP contribution in [0.4, 0.5) is 10.1 Å². The fraction of sp³-hybridized carbons (Fsp3) is 0.278. The number of carbonyl (C=O) groups is 1. The molecule has 0 bridgehead atoms. The maximum Gasteiger partial charge on any atom is 0.231 e. The highest BCUT2D eigenvalue weighted by molar-refractivity contribution is 5.95. The van der Waals surface area contributed by atoms with E-state index in [0.717, 1.165) is 29.7 Å². The molecule has 0 aliphatic carbocycles. The number of aryl methyl sites for hydroxylation is 1. The number of amides is 1. The lowest BCUT2D eigenvalue weighted by Crippen LogP contribution is -2.36. The summed E-state index contributed by atoms with van der Waals surface area (Å²) in [6, 6.07) is 12.1. The lowest BCUT2D eigenvalue weighted by Gasteiger charge is -2.29. The zero-order chi connectivity index (χ0) is 15.5. The zero-order valence-electron chi connectivity index (χ0n) is 12.5. The number of benzene rings is 2. The van der Waals surface area contributed by atoms with Gasteiger partial charge in [-0.15, -0.1) is 0 Å². The standard InChI is InChI=1S/C18H18FNO2/c1-22-16-8-4-13(5-9-16)11-18(21)20-10-2-3-14-6-7-15(19)12-17(14)20/h4-9,12H,2-3,10-11H2,1H3. The van der Waals surface area contributed by atoms with Gasteiger partial charge in [0.25, 0.3) is 0 Å². The number of rotatable bonds is 3. The lowest BCUT2D eigenvalue weighted by molar-refractivity contribution is -0.118. The third-order valence-corrected chi connectivity index (χ3v) is 3.98. The number of nitrogens with zero attached hydrogens (tertiary/aromatic N) is 1. The van der Waals surface area contributed by atoms with Gasteiger partial charge in [-0.25, -0.2) is 4.39 Å². The predicted molar refractivity (Wildman–Crippen MR) is 83.8 cm³/mol. The fourth-order valence-corrected chi connectivity index (χ4v) is 2.82. The molecule has 3 rings (SSSR count). The molecule has 0 unspecified atom stereocenters. The van der Waals surface area contributed by atoms with Crippen LogP contribution < -0.4 is 9.64 Å². The second-order valence-electron chi connectivity index (χ2n) is 5.45. The van der Waals surface area contributed by atoms with Crippen molar-refractivity contribution in [1.29, 1.82) is 0 Å². The van der Waals surface area contributed by atoms with Gasteiger partial charge in [0.05, 0.1) is 13.5 Å². The summed E-state index contributed by atoms with van der Waals surface area (Å²) in [6.45, 7) is 0.644. The van der Waals surface area contributed by atoms with Crippen LogP contribution in [-0.4, -0.2) is 19.6 Å². The summed E-state index contributed by atoms with van der Waals surface area (Å²) in [5.41, 5.74) is 2.68. The van der Waals surface area contributed by atoms with Crippen LogP contribution in [0.15, 0.2) is 42.5 Å². The van der Waals surface area contributed by atoms with Gasteiger partial charge in [0, 0.05) is 12.2 Å². The van der Waals surface area contributed by atoms with Crippen LogP contribution in [-0.2, 0) is 17.6 Å². The summed E-state index contributed by atoms with van der Waals surface area (Å²) in [5.74, 6) is 0.459. The zero-order valence-corrected chi connectivity index (χ0v) is 12.5. The van der Waals surface area contributed by atoms with Gasteiger partial charge in [-0.2, -0.15) is 0 Å². The first-order valence-electron chi connectivity index (χ1n) is 7.39. The summed E-state index contributed by atoms with van der Waals surface area (Å²) in [5, 5.41) is 0. The molecule has 0 spiro atoms. The van der Waals surface area contributed by atoms with Gasteiger partial charge in [-0.05, 0) is 48.2 Å². The molecular formula is C18H18FNO2. The first-order chi connectivity index (χ1) is 10.7. The maximum absolute atomic E-state index is 13.5. The van der Waals surface area contributed by atoms with Crippen molar-refractivity contribution in [2.45, 2.75) is 19.3 Å². The lowest BCUT2D eigenvalue weighted by atomic mass is 10.0. The largest absolute Gasteiger partial charge is 0.497 e. The first-order valence-corrected chi connectivity index (χ1v) is 7.39. The fourth-order valence-electron chi connectivity index (χ4n) is 2.82. The van der Waals surface area contributed by atoms with E-state index in [9.17, 15) is 9.18 Å². The van der Waals surface area contributed by atoms with E-state index in [2.05, 4.69) is 0 Å². The number of ether oxygens (including phenoxy) is 1. The van der Waals surface area contributed by atoms with Crippen LogP contribution in [0.2, 0.25) is 0 Å². The van der Waals surface area contributed by atoms with Gasteiger partial charge in [0.1, 0.15) is 11.6 Å². The summed E-state index contributed by atoms with van der Waals surface area (Å²) < 4.78 is 18.6. The van der Waals surface area contributed by atoms with Crippen molar-refractivity contribution in [3.8, 4) is 5.75 Å². The highest BCUT2D eigenvalue weighted by Crippen LogP contribution is 2.28. The second kappa shape index (κ2) is 6.18. The monoisotopic (exact) mass is 299 g/mol. The molecule has 0 fully saturated rings. The molecule has 1 aliphatic heterocycles. The van der Waals surface area contributed by atoms with E-state index in [1.54, 1.807) is 18.1 Å². The van der Waals surface area contributed by atoms with Gasteiger partial charge in [0.15, 0.2) is 0 Å². The van der Waals surface area contributed by atoms with Crippen LogP contribution in [0.25, 0.3) is 0 Å². The van der Waals surface area contributed by atoms with Crippen LogP contribution in [0.5, 0.6) is 5.75 Å². The number of hydrogen-bond acceptors (Lipinski definition) is 2. The molecule has 0 atom stereocenters. The Morgan fingerprint density at radius 1 is 1.23 bits per heavy atom. The van der Waals surface area contributed by atoms with Crippen molar-refractivity contribution in [3.63, 3.8) is 0 Å². The number of fused-ring (bicyclic) bond motifs is 1. The highest BCUT2D eigenvalue weighted by atomic mass is 19.1. The van der Waals surface area contributed by atoms with Gasteiger partial charge >= 0.3 is 0 Å². The van der Waals surface area contributed by atoms with E-state index in [4.69, 9.17) is 4.74 Å². The molecule has 1 amide bonds. The first kappa shape index (κ1) is 14.6. The molecule has 22 heavy (non-hydrogen) atoms. The Labute approximate surface area is 129 Å². The Hall–Kier alpha value is -2.36. The normalized spacial score (nSPS) is 13.6. The minimum Gasteiger partial charge on any atom is -0.497 e. The van der Waals surface area contributed by atoms with Crippen LogP contribution in [0, 0.1) is 5.82 Å². The van der Waals surface area contributed by atoms with Crippen molar-refractivity contribution in [1.82, 2.24) is 0 Å². The number of anilines is 1. The van der Waals surface area contributed by atoms with E-state index in [1.807, 2.05) is 24.3 Å². The highest BCUT2D eigenvalue weighted by Gasteiger charge is 2.23. The Morgan fingerprint density at radius 2 is 2.00 bits per heavy atom. The third kappa shape index (κ3) is 2.96. The molecular weight excluding hydrogens is 281 g/mol. The quantitative estimate of drug-likeness (QED) is 0.870. The third-order valence-electron chi connectivity index (χ3n) is 3.98. The van der Waals surface area contributed by atoms with Gasteiger partial charge in [-0.1, -0.05) is 18.2 Å². The Morgan fingerprint density at radius 3 is 2.73 bits per heavy atom. The molecule has 0 saturated heterocycles. The van der Waals surface area contributed by atoms with Crippen LogP contribution in [0.1, 0.15) is 17.5 Å². The van der Waals surface area contributed by atoms with E-state index in [1.165, 1.54) is 12.1 Å². The minimum absolute atomic E-state index is 0.00304. The summed E-state index contributed by atoms with van der Waals surface area (Å²) >= 11 is 0. The van der Waals surface area contributed by atoms with Crippen molar-refractivity contribution in [2.75, 3.05) is 18.6 Å². The van der Waals surface area contributed by atoms with Gasteiger partial charge in [-0.3, -0.25) is 4.79 Å². The summed E-state index contributed by atoms with van der Waals surface area (Å²) in [7, 11) is 1.61. The summed E-state index contributed by atoms with van der Waals surface area (Å²) in [6.07, 6.45) is 2.11. The van der Waals surface area contributed by atoms with Crippen molar-refractivity contribution < 1.29 is 13.9 Å². The average Bonchev–Trinajstić information content (AvgIpc) is 2.55. The van der Waals surface area contributed by atoms with Crippen LogP contribution in [0.3, 0.4) is 0 Å². The second-order valence-corrected chi connectivity index (χ2v) is 5.45. The molecule has 1 aliphatic rings. The molecule has 2 aromatic rings. The molecule has 4 heteroatoms. The molecule has 1 heterocycles. The van der Waals surface area contributed by atoms with E-state index >= 15 is 0 Å². The van der Waals surface area contributed by atoms with Crippen molar-refractivity contribution in [2.24, 2.45) is 0 Å². The molecule has 0 radical (unpaired) electrons. The maximum atomic E-state index is 13.5. The SMILES string of the molecule is COc1ccc(CC(=O)N2CCCc3ccc(F)cc32)cc1. The molecule has 0 saturated carbocycles. The molecule has 2 aromatic carbocycles. The predicted octanol–water partition coefficient (Wildman–Crippen LogP) is 3.36. The van der Waals surface area contributed by atoms with Crippen molar-refractivity contribution in [3.05, 3.63) is 59.4 Å². The number of hydrogen-bond donors (Lipinski definition) is 0. The van der Waals surface area contributed by atoms with Crippen LogP contribution >= 0.6 is 0 Å². The minimum atomic E-state index is -0.303. The van der Waals surface area contributed by atoms with E-state index in [0.29, 0.717) is 18.7 Å². The van der Waals surface area contributed by atoms with E-state index in [-0.39, 0.29) is 11.7 Å². The number of carbonyl (C=O) groups excluding carboxylic acids is 1. The molecule has 0 aromatic heterocycles. The molecule has 3 nitrogen and oxygen atoms in total. The average molecular weight is 299 g/mol. The topological polar surface area (TPSA) is 29.5 Å². The Kier molecular flexibility index (Phi) is 4.09. The molecule has 114 valence electrons. The van der Waals surface area contributed by atoms with E-state index < -0.39 is 0 Å². The smallest absolute Gasteiger partial charge is 0.231 e.